The maximum absolute atomic E-state index is 10.3. The monoisotopic (exact) mass is 1000 g/mol. The van der Waals surface area contributed by atoms with E-state index in [1.54, 1.807) is 0 Å². The van der Waals surface area contributed by atoms with Gasteiger partial charge in [-0.05, 0) is 19.3 Å². The summed E-state index contributed by atoms with van der Waals surface area (Å²) in [6.45, 7) is 8.11. The number of aliphatic hydroxyl groups excluding tert-OH is 3. The van der Waals surface area contributed by atoms with Gasteiger partial charge in [0.1, 0.15) is 0 Å². The first-order chi connectivity index (χ1) is 20.5. The van der Waals surface area contributed by atoms with Crippen LogP contribution in [0.15, 0.2) is 0 Å². The molecule has 0 bridgehead atoms. The fourth-order valence-electron chi connectivity index (χ4n) is 3.57. The number of aliphatic hydroxyl groups is 3. The fraction of sp³-hybridized carbons (Fsp3) is 1.00. The molecule has 0 saturated carbocycles. The molecule has 0 fully saturated rings. The van der Waals surface area contributed by atoms with Gasteiger partial charge in [0.2, 0.25) is 0 Å². The van der Waals surface area contributed by atoms with Crippen LogP contribution in [0.2, 0.25) is 0 Å². The third-order valence-electron chi connectivity index (χ3n) is 7.46. The summed E-state index contributed by atoms with van der Waals surface area (Å²) in [4.78, 5) is 0.446. The molecule has 0 aliphatic carbocycles. The Morgan fingerprint density at radius 3 is 0.953 bits per heavy atom. The third kappa shape index (κ3) is 18.8. The molecule has 6 atom stereocenters. The van der Waals surface area contributed by atoms with Crippen molar-refractivity contribution in [1.82, 2.24) is 0 Å². The minimum atomic E-state index is -1.13. The van der Waals surface area contributed by atoms with Crippen LogP contribution in [-0.2, 0) is 28.2 Å². The minimum Gasteiger partial charge on any atom is -0.396 e. The molecule has 43 heavy (non-hydrogen) atoms. The molecule has 16 heteroatoms. The number of alkyl halides is 6. The number of hydrogen-bond acceptors (Lipinski definition) is 9. The van der Waals surface area contributed by atoms with Gasteiger partial charge in [-0.15, -0.1) is 0 Å². The van der Waals surface area contributed by atoms with Crippen molar-refractivity contribution in [2.24, 2.45) is 16.2 Å². The highest BCUT2D eigenvalue weighted by atomic mass is 79.9. The van der Waals surface area contributed by atoms with E-state index < -0.39 is 23.6 Å². The van der Waals surface area contributed by atoms with Crippen LogP contribution in [0.5, 0.6) is 0 Å². The lowest BCUT2D eigenvalue weighted by Gasteiger charge is -2.35. The van der Waals surface area contributed by atoms with Gasteiger partial charge >= 0.3 is 7.32 Å². The summed E-state index contributed by atoms with van der Waals surface area (Å²) in [6.07, 6.45) is 1.81. The largest absolute Gasteiger partial charge is 0.639 e. The Kier molecular flexibility index (Phi) is 28.0. The average molecular weight is 1010 g/mol. The summed E-state index contributed by atoms with van der Waals surface area (Å²) in [7, 11) is -1.13. The quantitative estimate of drug-likeness (QED) is 0.0616. The second-order valence-electron chi connectivity index (χ2n) is 11.1. The van der Waals surface area contributed by atoms with Gasteiger partial charge in [0.25, 0.3) is 0 Å². The molecule has 0 aliphatic rings. The van der Waals surface area contributed by atoms with E-state index in [9.17, 15) is 15.3 Å². The van der Waals surface area contributed by atoms with Crippen LogP contribution in [0, 0.1) is 16.2 Å². The lowest BCUT2D eigenvalue weighted by molar-refractivity contribution is -0.0715. The molecule has 0 saturated heterocycles. The van der Waals surface area contributed by atoms with Crippen LogP contribution in [0.3, 0.4) is 0 Å². The first kappa shape index (κ1) is 45.6. The van der Waals surface area contributed by atoms with Crippen LogP contribution in [0.25, 0.3) is 0 Å². The third-order valence-corrected chi connectivity index (χ3v) is 14.2. The zero-order valence-electron chi connectivity index (χ0n) is 25.6. The second-order valence-corrected chi connectivity index (χ2v) is 16.9. The maximum atomic E-state index is 10.3. The molecule has 0 spiro atoms. The van der Waals surface area contributed by atoms with Crippen molar-refractivity contribution >= 4 is 103 Å². The van der Waals surface area contributed by atoms with E-state index in [1.165, 1.54) is 0 Å². The molecule has 0 rings (SSSR count). The highest BCUT2D eigenvalue weighted by molar-refractivity contribution is 9.12. The Bertz CT molecular complexity index is 579. The highest BCUT2D eigenvalue weighted by Gasteiger charge is 2.38. The second kappa shape index (κ2) is 26.5. The molecule has 0 amide bonds. The fourth-order valence-corrected chi connectivity index (χ4v) is 4.69. The number of halogens is 6. The van der Waals surface area contributed by atoms with E-state index in [2.05, 4.69) is 95.6 Å². The number of hydrogen-bond donors (Lipinski definition) is 3. The van der Waals surface area contributed by atoms with E-state index in [0.29, 0.717) is 39.1 Å². The van der Waals surface area contributed by atoms with Crippen LogP contribution in [-0.4, -0.2) is 132 Å². The Balaban J connectivity index is 5.73. The summed E-state index contributed by atoms with van der Waals surface area (Å²) < 4.78 is 36.2. The van der Waals surface area contributed by atoms with Gasteiger partial charge in [-0.2, -0.15) is 0 Å². The summed E-state index contributed by atoms with van der Waals surface area (Å²) in [5.41, 5.74) is -2.01. The maximum Gasteiger partial charge on any atom is 0.639 e. The van der Waals surface area contributed by atoms with Crippen molar-refractivity contribution in [3.8, 4) is 0 Å². The predicted octanol–water partition coefficient (Wildman–Crippen LogP) is 5.71. The first-order valence-corrected chi connectivity index (χ1v) is 20.6. The number of rotatable bonds is 30. The lowest BCUT2D eigenvalue weighted by atomic mass is 9.86. The average Bonchev–Trinajstić information content (AvgIpc) is 3.04. The molecule has 0 aromatic carbocycles. The van der Waals surface area contributed by atoms with Gasteiger partial charge in [0, 0.05) is 66.5 Å². The van der Waals surface area contributed by atoms with Crippen LogP contribution < -0.4 is 0 Å². The highest BCUT2D eigenvalue weighted by Crippen LogP contribution is 2.28. The van der Waals surface area contributed by atoms with E-state index in [4.69, 9.17) is 28.2 Å². The molecular formula is C27H51BBr6O9. The van der Waals surface area contributed by atoms with Crippen molar-refractivity contribution < 1.29 is 43.5 Å². The van der Waals surface area contributed by atoms with Crippen LogP contribution >= 0.6 is 95.6 Å². The SMILES string of the molecule is CCC(CO)(COCC(Br)CBr)COB(OCC(CC)(CO)COCC(Br)CBr)OCC(CC)(CO)COCC(Br)CBr. The summed E-state index contributed by atoms with van der Waals surface area (Å²) in [6, 6.07) is 0. The molecule has 258 valence electrons. The van der Waals surface area contributed by atoms with Crippen LogP contribution in [0.1, 0.15) is 40.0 Å². The van der Waals surface area contributed by atoms with Gasteiger partial charge in [-0.3, -0.25) is 0 Å². The molecule has 9 nitrogen and oxygen atoms in total. The first-order valence-electron chi connectivity index (χ1n) is 14.5. The molecule has 0 heterocycles. The van der Waals surface area contributed by atoms with Gasteiger partial charge in [-0.25, -0.2) is 0 Å². The van der Waals surface area contributed by atoms with Gasteiger partial charge < -0.3 is 43.5 Å². The molecule has 6 unspecified atom stereocenters. The van der Waals surface area contributed by atoms with Crippen molar-refractivity contribution in [3.63, 3.8) is 0 Å². The van der Waals surface area contributed by atoms with Crippen molar-refractivity contribution in [1.29, 1.82) is 0 Å². The molecule has 0 aromatic heterocycles. The van der Waals surface area contributed by atoms with Gasteiger partial charge in [0.15, 0.2) is 0 Å². The smallest absolute Gasteiger partial charge is 0.396 e. The van der Waals surface area contributed by atoms with Gasteiger partial charge in [0.05, 0.1) is 59.5 Å². The summed E-state index contributed by atoms with van der Waals surface area (Å²) in [5, 5.41) is 33.2. The normalized spacial score (nSPS) is 18.4. The van der Waals surface area contributed by atoms with E-state index >= 15 is 0 Å². The topological polar surface area (TPSA) is 116 Å². The van der Waals surface area contributed by atoms with E-state index in [-0.39, 0.29) is 73.9 Å². The Hall–Kier alpha value is 2.58. The number of ether oxygens (including phenoxy) is 3. The molecule has 0 radical (unpaired) electrons. The molecule has 3 N–H and O–H groups in total. The Labute approximate surface area is 309 Å². The zero-order valence-corrected chi connectivity index (χ0v) is 35.1. The Morgan fingerprint density at radius 2 is 0.767 bits per heavy atom. The van der Waals surface area contributed by atoms with Gasteiger partial charge in [-0.1, -0.05) is 116 Å². The van der Waals surface area contributed by atoms with Crippen molar-refractivity contribution in [3.05, 3.63) is 0 Å². The molecule has 0 aromatic rings. The zero-order chi connectivity index (χ0) is 32.8. The Morgan fingerprint density at radius 1 is 0.512 bits per heavy atom. The summed E-state index contributed by atoms with van der Waals surface area (Å²) >= 11 is 20.9. The van der Waals surface area contributed by atoms with Crippen molar-refractivity contribution in [2.75, 3.05) is 95.3 Å². The summed E-state index contributed by atoms with van der Waals surface area (Å²) in [5.74, 6) is 0. The predicted molar refractivity (Wildman–Crippen MR) is 195 cm³/mol. The standard InChI is InChI=1S/C27H51BBr6O9/c1-4-25(13-35,16-38-10-22(32)7-29)19-41-28(42-20-26(5-2,14-36)17-39-11-23(33)8-30)43-21-27(6-3,15-37)18-40-12-24(34)9-31/h22-24,35-37H,4-21H2,1-3H3. The van der Waals surface area contributed by atoms with Crippen LogP contribution in [0.4, 0.5) is 0 Å². The van der Waals surface area contributed by atoms with Crippen molar-refractivity contribution in [2.45, 2.75) is 54.5 Å². The lowest BCUT2D eigenvalue weighted by Crippen LogP contribution is -2.45. The van der Waals surface area contributed by atoms with E-state index in [1.807, 2.05) is 20.8 Å². The molecule has 0 aliphatic heterocycles. The minimum absolute atomic E-state index is 0.114. The molecular weight excluding hydrogens is 959 g/mol. The van der Waals surface area contributed by atoms with E-state index in [0.717, 1.165) is 16.0 Å².